The Kier molecular flexibility index (Phi) is 2.97. The fourth-order valence-corrected chi connectivity index (χ4v) is 2.95. The fraction of sp³-hybridized carbons (Fsp3) is 0.100. The maximum absolute atomic E-state index is 6.06. The standard InChI is InChI=1S/C20H16O/c1-2-7-15(8-3-1)13-16-10-6-12-20-18(16)14-17-9-4-5-11-19(17)21-20/h1-12H,13-14H2. The SMILES string of the molecule is c1ccc(Cc2cccc3c2Cc2ccccc2O3)cc1. The van der Waals surface area contributed by atoms with E-state index in [1.165, 1.54) is 22.3 Å². The van der Waals surface area contributed by atoms with E-state index in [0.717, 1.165) is 24.3 Å². The number of rotatable bonds is 2. The summed E-state index contributed by atoms with van der Waals surface area (Å²) in [5, 5.41) is 0. The van der Waals surface area contributed by atoms with Gasteiger partial charge in [0, 0.05) is 12.0 Å². The van der Waals surface area contributed by atoms with E-state index in [2.05, 4.69) is 60.7 Å². The van der Waals surface area contributed by atoms with Crippen molar-refractivity contribution in [2.75, 3.05) is 0 Å². The van der Waals surface area contributed by atoms with E-state index in [9.17, 15) is 0 Å². The quantitative estimate of drug-likeness (QED) is 0.500. The first-order valence-corrected chi connectivity index (χ1v) is 7.30. The lowest BCUT2D eigenvalue weighted by Gasteiger charge is -2.22. The van der Waals surface area contributed by atoms with Crippen molar-refractivity contribution in [2.45, 2.75) is 12.8 Å². The molecule has 1 aliphatic rings. The lowest BCUT2D eigenvalue weighted by molar-refractivity contribution is 0.459. The first-order valence-electron chi connectivity index (χ1n) is 7.30. The van der Waals surface area contributed by atoms with Gasteiger partial charge in [0.15, 0.2) is 0 Å². The van der Waals surface area contributed by atoms with Crippen LogP contribution in [0.2, 0.25) is 0 Å². The predicted molar refractivity (Wildman–Crippen MR) is 85.0 cm³/mol. The summed E-state index contributed by atoms with van der Waals surface area (Å²) in [5.74, 6) is 1.99. The zero-order valence-corrected chi connectivity index (χ0v) is 11.8. The van der Waals surface area contributed by atoms with Crippen LogP contribution in [0.5, 0.6) is 11.5 Å². The first-order chi connectivity index (χ1) is 10.4. The molecule has 0 amide bonds. The smallest absolute Gasteiger partial charge is 0.131 e. The van der Waals surface area contributed by atoms with Crippen LogP contribution in [-0.2, 0) is 12.8 Å². The van der Waals surface area contributed by atoms with Crippen LogP contribution in [0.15, 0.2) is 72.8 Å². The van der Waals surface area contributed by atoms with Gasteiger partial charge in [0.2, 0.25) is 0 Å². The molecular formula is C20H16O. The van der Waals surface area contributed by atoms with E-state index >= 15 is 0 Å². The Balaban J connectivity index is 1.73. The van der Waals surface area contributed by atoms with Gasteiger partial charge in [0.25, 0.3) is 0 Å². The van der Waals surface area contributed by atoms with Crippen LogP contribution in [0.3, 0.4) is 0 Å². The second kappa shape index (κ2) is 5.10. The lowest BCUT2D eigenvalue weighted by atomic mass is 9.92. The van der Waals surface area contributed by atoms with Crippen LogP contribution < -0.4 is 4.74 Å². The monoisotopic (exact) mass is 272 g/mol. The Hall–Kier alpha value is -2.54. The van der Waals surface area contributed by atoms with E-state index in [4.69, 9.17) is 4.74 Å². The number of ether oxygens (including phenoxy) is 1. The van der Waals surface area contributed by atoms with Gasteiger partial charge in [-0.2, -0.15) is 0 Å². The zero-order chi connectivity index (χ0) is 14.1. The van der Waals surface area contributed by atoms with E-state index in [1.54, 1.807) is 0 Å². The van der Waals surface area contributed by atoms with Crippen LogP contribution in [0.25, 0.3) is 0 Å². The molecule has 0 saturated heterocycles. The molecule has 0 aromatic heterocycles. The highest BCUT2D eigenvalue weighted by Crippen LogP contribution is 2.38. The average Bonchev–Trinajstić information content (AvgIpc) is 2.54. The summed E-state index contributed by atoms with van der Waals surface area (Å²) < 4.78 is 6.06. The molecule has 0 unspecified atom stereocenters. The van der Waals surface area contributed by atoms with Gasteiger partial charge in [0.1, 0.15) is 11.5 Å². The molecule has 21 heavy (non-hydrogen) atoms. The minimum absolute atomic E-state index is 0.953. The Bertz CT molecular complexity index is 775. The zero-order valence-electron chi connectivity index (χ0n) is 11.8. The van der Waals surface area contributed by atoms with E-state index in [1.807, 2.05) is 12.1 Å². The molecule has 1 aliphatic heterocycles. The maximum Gasteiger partial charge on any atom is 0.131 e. The summed E-state index contributed by atoms with van der Waals surface area (Å²) in [6.07, 6.45) is 1.91. The topological polar surface area (TPSA) is 9.23 Å². The highest BCUT2D eigenvalue weighted by molar-refractivity contribution is 5.53. The largest absolute Gasteiger partial charge is 0.457 e. The second-order valence-corrected chi connectivity index (χ2v) is 5.44. The van der Waals surface area contributed by atoms with Crippen molar-refractivity contribution < 1.29 is 4.74 Å². The van der Waals surface area contributed by atoms with Crippen molar-refractivity contribution in [3.63, 3.8) is 0 Å². The molecule has 0 aliphatic carbocycles. The summed E-state index contributed by atoms with van der Waals surface area (Å²) in [4.78, 5) is 0. The van der Waals surface area contributed by atoms with Crippen LogP contribution in [0.4, 0.5) is 0 Å². The minimum Gasteiger partial charge on any atom is -0.457 e. The van der Waals surface area contributed by atoms with Crippen molar-refractivity contribution in [1.82, 2.24) is 0 Å². The van der Waals surface area contributed by atoms with Gasteiger partial charge in [-0.15, -0.1) is 0 Å². The molecule has 1 nitrogen and oxygen atoms in total. The Morgan fingerprint density at radius 1 is 0.714 bits per heavy atom. The Labute approximate surface area is 124 Å². The Morgan fingerprint density at radius 3 is 2.38 bits per heavy atom. The molecule has 4 rings (SSSR count). The van der Waals surface area contributed by atoms with Crippen molar-refractivity contribution in [2.24, 2.45) is 0 Å². The maximum atomic E-state index is 6.06. The van der Waals surface area contributed by atoms with E-state index in [-0.39, 0.29) is 0 Å². The fourth-order valence-electron chi connectivity index (χ4n) is 2.95. The molecule has 0 bridgehead atoms. The van der Waals surface area contributed by atoms with Crippen LogP contribution in [0, 0.1) is 0 Å². The molecule has 1 heteroatoms. The number of fused-ring (bicyclic) bond motifs is 2. The van der Waals surface area contributed by atoms with Crippen molar-refractivity contribution in [1.29, 1.82) is 0 Å². The normalized spacial score (nSPS) is 12.2. The molecule has 0 radical (unpaired) electrons. The third kappa shape index (κ3) is 2.31. The van der Waals surface area contributed by atoms with Gasteiger partial charge >= 0.3 is 0 Å². The average molecular weight is 272 g/mol. The van der Waals surface area contributed by atoms with Crippen molar-refractivity contribution in [3.05, 3.63) is 95.1 Å². The van der Waals surface area contributed by atoms with Gasteiger partial charge in [0.05, 0.1) is 0 Å². The lowest BCUT2D eigenvalue weighted by Crippen LogP contribution is -2.06. The number of hydrogen-bond donors (Lipinski definition) is 0. The first kappa shape index (κ1) is 12.2. The number of para-hydroxylation sites is 1. The van der Waals surface area contributed by atoms with E-state index < -0.39 is 0 Å². The summed E-state index contributed by atoms with van der Waals surface area (Å²) in [6.45, 7) is 0. The number of benzene rings is 3. The van der Waals surface area contributed by atoms with Crippen LogP contribution >= 0.6 is 0 Å². The molecule has 102 valence electrons. The minimum atomic E-state index is 0.953. The van der Waals surface area contributed by atoms with Gasteiger partial charge < -0.3 is 4.74 Å². The van der Waals surface area contributed by atoms with E-state index in [0.29, 0.717) is 0 Å². The third-order valence-electron chi connectivity index (χ3n) is 4.03. The summed E-state index contributed by atoms with van der Waals surface area (Å²) in [6, 6.07) is 25.3. The molecular weight excluding hydrogens is 256 g/mol. The van der Waals surface area contributed by atoms with Crippen molar-refractivity contribution in [3.8, 4) is 11.5 Å². The molecule has 0 saturated carbocycles. The Morgan fingerprint density at radius 2 is 1.48 bits per heavy atom. The highest BCUT2D eigenvalue weighted by Gasteiger charge is 2.18. The molecule has 0 spiro atoms. The van der Waals surface area contributed by atoms with Gasteiger partial charge in [-0.1, -0.05) is 60.7 Å². The van der Waals surface area contributed by atoms with Crippen LogP contribution in [-0.4, -0.2) is 0 Å². The molecule has 1 heterocycles. The third-order valence-corrected chi connectivity index (χ3v) is 4.03. The molecule has 0 atom stereocenters. The molecule has 0 fully saturated rings. The van der Waals surface area contributed by atoms with Gasteiger partial charge in [-0.05, 0) is 35.2 Å². The predicted octanol–water partition coefficient (Wildman–Crippen LogP) is 4.97. The van der Waals surface area contributed by atoms with Crippen molar-refractivity contribution >= 4 is 0 Å². The highest BCUT2D eigenvalue weighted by atomic mass is 16.5. The summed E-state index contributed by atoms with van der Waals surface area (Å²) in [5.41, 5.74) is 5.28. The summed E-state index contributed by atoms with van der Waals surface area (Å²) >= 11 is 0. The molecule has 0 N–H and O–H groups in total. The number of hydrogen-bond acceptors (Lipinski definition) is 1. The van der Waals surface area contributed by atoms with Gasteiger partial charge in [-0.3, -0.25) is 0 Å². The second-order valence-electron chi connectivity index (χ2n) is 5.44. The molecule has 3 aromatic carbocycles. The summed E-state index contributed by atoms with van der Waals surface area (Å²) in [7, 11) is 0. The van der Waals surface area contributed by atoms with Gasteiger partial charge in [-0.25, -0.2) is 0 Å². The molecule has 3 aromatic rings. The van der Waals surface area contributed by atoms with Crippen LogP contribution in [0.1, 0.15) is 22.3 Å².